The van der Waals surface area contributed by atoms with E-state index < -0.39 is 24.6 Å². The van der Waals surface area contributed by atoms with Gasteiger partial charge in [0, 0.05) is 5.39 Å². The van der Waals surface area contributed by atoms with Crippen molar-refractivity contribution in [1.82, 2.24) is 0 Å². The molecule has 4 atom stereocenters. The molecule has 0 radical (unpaired) electrons. The summed E-state index contributed by atoms with van der Waals surface area (Å²) in [7, 11) is 0. The fraction of sp³-hybridized carbons (Fsp3) is 0.474. The third-order valence-electron chi connectivity index (χ3n) is 4.20. The number of aliphatic hydroxyl groups excluding tert-OH is 3. The fourth-order valence-corrected chi connectivity index (χ4v) is 2.78. The number of fused-ring (bicyclic) bond motifs is 1. The van der Waals surface area contributed by atoms with Gasteiger partial charge in [-0.3, -0.25) is 0 Å². The first-order valence-electron chi connectivity index (χ1n) is 8.62. The van der Waals surface area contributed by atoms with Gasteiger partial charge in [-0.2, -0.15) is 0 Å². The van der Waals surface area contributed by atoms with E-state index in [1.54, 1.807) is 0 Å². The van der Waals surface area contributed by atoms with Gasteiger partial charge in [-0.1, -0.05) is 36.4 Å². The second kappa shape index (κ2) is 9.27. The van der Waals surface area contributed by atoms with Gasteiger partial charge >= 0.3 is 0 Å². The van der Waals surface area contributed by atoms with E-state index >= 15 is 0 Å². The number of benzene rings is 2. The first-order valence-corrected chi connectivity index (χ1v) is 8.62. The van der Waals surface area contributed by atoms with Crippen LogP contribution >= 0.6 is 0 Å². The van der Waals surface area contributed by atoms with Crippen LogP contribution in [0.5, 0.6) is 5.75 Å². The molecule has 1 aliphatic heterocycles. The normalized spacial score (nSPS) is 26.1. The van der Waals surface area contributed by atoms with Gasteiger partial charge in [0.15, 0.2) is 6.29 Å². The Labute approximate surface area is 151 Å². The predicted octanol–water partition coefficient (Wildman–Crippen LogP) is 0.691. The Morgan fingerprint density at radius 1 is 0.885 bits per heavy atom. The molecular weight excluding hydrogens is 340 g/mol. The van der Waals surface area contributed by atoms with E-state index in [4.69, 9.17) is 18.9 Å². The van der Waals surface area contributed by atoms with Gasteiger partial charge in [-0.15, -0.1) is 0 Å². The van der Waals surface area contributed by atoms with Crippen LogP contribution < -0.4 is 4.74 Å². The largest absolute Gasteiger partial charge is 0.491 e. The minimum Gasteiger partial charge on any atom is -0.491 e. The molecule has 26 heavy (non-hydrogen) atoms. The highest BCUT2D eigenvalue weighted by Crippen LogP contribution is 2.24. The molecule has 1 heterocycles. The predicted molar refractivity (Wildman–Crippen MR) is 94.0 cm³/mol. The van der Waals surface area contributed by atoms with Crippen LogP contribution in [0.2, 0.25) is 0 Å². The molecule has 0 aromatic heterocycles. The van der Waals surface area contributed by atoms with Crippen LogP contribution in [0.25, 0.3) is 10.8 Å². The minimum absolute atomic E-state index is 0.0807. The van der Waals surface area contributed by atoms with Crippen molar-refractivity contribution in [1.29, 1.82) is 0 Å². The molecule has 3 N–H and O–H groups in total. The van der Waals surface area contributed by atoms with Crippen LogP contribution in [0.3, 0.4) is 0 Å². The molecule has 7 heteroatoms. The molecule has 0 spiro atoms. The van der Waals surface area contributed by atoms with E-state index in [0.717, 1.165) is 16.5 Å². The zero-order valence-corrected chi connectivity index (χ0v) is 14.4. The Morgan fingerprint density at radius 2 is 1.65 bits per heavy atom. The van der Waals surface area contributed by atoms with Crippen LogP contribution in [0.1, 0.15) is 0 Å². The van der Waals surface area contributed by atoms with Gasteiger partial charge in [0.1, 0.15) is 30.7 Å². The Balaban J connectivity index is 1.32. The van der Waals surface area contributed by atoms with Crippen LogP contribution in [-0.2, 0) is 14.2 Å². The Morgan fingerprint density at radius 3 is 2.54 bits per heavy atom. The highest BCUT2D eigenvalue weighted by atomic mass is 16.7. The average Bonchev–Trinajstić information content (AvgIpc) is 2.67. The molecule has 0 aliphatic carbocycles. The summed E-state index contributed by atoms with van der Waals surface area (Å²) in [5.74, 6) is 0.814. The highest BCUT2D eigenvalue weighted by molar-refractivity contribution is 5.88. The number of rotatable bonds is 8. The van der Waals surface area contributed by atoms with E-state index in [2.05, 4.69) is 0 Å². The first-order chi connectivity index (χ1) is 12.7. The summed E-state index contributed by atoms with van der Waals surface area (Å²) in [6.07, 6.45) is -4.63. The van der Waals surface area contributed by atoms with Crippen LogP contribution in [0.15, 0.2) is 42.5 Å². The lowest BCUT2D eigenvalue weighted by atomic mass is 10.1. The lowest BCUT2D eigenvalue weighted by molar-refractivity contribution is -0.271. The molecular formula is C19H24O7. The number of hydrogen-bond donors (Lipinski definition) is 3. The van der Waals surface area contributed by atoms with E-state index in [1.807, 2.05) is 42.5 Å². The van der Waals surface area contributed by atoms with Gasteiger partial charge < -0.3 is 34.3 Å². The molecule has 2 aromatic carbocycles. The van der Waals surface area contributed by atoms with E-state index in [1.165, 1.54) is 0 Å². The molecule has 2 aromatic rings. The zero-order valence-electron chi connectivity index (χ0n) is 14.4. The standard InChI is InChI=1S/C19H24O7/c20-15-12-26-19(18(22)17(15)21)25-11-9-23-8-10-24-16-7-3-5-13-4-1-2-6-14(13)16/h1-7,15,17-22H,8-12H2/t15-,17+,18-,19-/m1/s1. The van der Waals surface area contributed by atoms with Crippen molar-refractivity contribution in [2.75, 3.05) is 33.0 Å². The van der Waals surface area contributed by atoms with Crippen LogP contribution in [0, 0.1) is 0 Å². The molecule has 3 rings (SSSR count). The second-order valence-electron chi connectivity index (χ2n) is 6.06. The Bertz CT molecular complexity index is 687. The van der Waals surface area contributed by atoms with Crippen molar-refractivity contribution in [3.63, 3.8) is 0 Å². The lowest BCUT2D eigenvalue weighted by Gasteiger charge is -2.34. The lowest BCUT2D eigenvalue weighted by Crippen LogP contribution is -2.53. The summed E-state index contributed by atoms with van der Waals surface area (Å²) in [6.45, 7) is 1.20. The van der Waals surface area contributed by atoms with Crippen molar-refractivity contribution >= 4 is 10.8 Å². The van der Waals surface area contributed by atoms with Gasteiger partial charge in [-0.25, -0.2) is 0 Å². The molecule has 0 saturated carbocycles. The number of hydrogen-bond acceptors (Lipinski definition) is 7. The van der Waals surface area contributed by atoms with Gasteiger partial charge in [-0.05, 0) is 11.5 Å². The smallest absolute Gasteiger partial charge is 0.186 e. The SMILES string of the molecule is O[C@@H]1[C@@H](O)[C@H](OCCOCCOc2cccc3ccccc23)OC[C@H]1O. The first kappa shape index (κ1) is 19.0. The maximum absolute atomic E-state index is 9.74. The van der Waals surface area contributed by atoms with Gasteiger partial charge in [0.25, 0.3) is 0 Å². The summed E-state index contributed by atoms with van der Waals surface area (Å²) in [4.78, 5) is 0. The summed E-state index contributed by atoms with van der Waals surface area (Å²) in [6, 6.07) is 13.9. The monoisotopic (exact) mass is 364 g/mol. The molecule has 7 nitrogen and oxygen atoms in total. The molecule has 0 amide bonds. The average molecular weight is 364 g/mol. The van der Waals surface area contributed by atoms with Crippen LogP contribution in [0.4, 0.5) is 0 Å². The van der Waals surface area contributed by atoms with Gasteiger partial charge in [0.2, 0.25) is 0 Å². The maximum Gasteiger partial charge on any atom is 0.186 e. The Kier molecular flexibility index (Phi) is 6.79. The second-order valence-corrected chi connectivity index (χ2v) is 6.06. The summed E-state index contributed by atoms with van der Waals surface area (Å²) in [5.41, 5.74) is 0. The highest BCUT2D eigenvalue weighted by Gasteiger charge is 2.38. The van der Waals surface area contributed by atoms with E-state index in [-0.39, 0.29) is 13.2 Å². The van der Waals surface area contributed by atoms with Crippen molar-refractivity contribution < 1.29 is 34.3 Å². The van der Waals surface area contributed by atoms with Crippen molar-refractivity contribution in [3.8, 4) is 5.75 Å². The third kappa shape index (κ3) is 4.70. The molecule has 1 fully saturated rings. The van der Waals surface area contributed by atoms with E-state index in [0.29, 0.717) is 19.8 Å². The molecule has 0 unspecified atom stereocenters. The number of aliphatic hydroxyl groups is 3. The quantitative estimate of drug-likeness (QED) is 0.593. The van der Waals surface area contributed by atoms with Crippen molar-refractivity contribution in [3.05, 3.63) is 42.5 Å². The molecule has 0 bridgehead atoms. The zero-order chi connectivity index (χ0) is 18.4. The summed E-state index contributed by atoms with van der Waals surface area (Å²) < 4.78 is 21.7. The Hall–Kier alpha value is -1.74. The molecule has 142 valence electrons. The molecule has 1 aliphatic rings. The molecule has 1 saturated heterocycles. The summed E-state index contributed by atoms with van der Waals surface area (Å²) in [5, 5.41) is 30.9. The topological polar surface area (TPSA) is 97.6 Å². The third-order valence-corrected chi connectivity index (χ3v) is 4.20. The number of ether oxygens (including phenoxy) is 4. The van der Waals surface area contributed by atoms with Crippen molar-refractivity contribution in [2.24, 2.45) is 0 Å². The summed E-state index contributed by atoms with van der Waals surface area (Å²) >= 11 is 0. The van der Waals surface area contributed by atoms with Crippen molar-refractivity contribution in [2.45, 2.75) is 24.6 Å². The maximum atomic E-state index is 9.74. The van der Waals surface area contributed by atoms with Gasteiger partial charge in [0.05, 0.1) is 26.4 Å². The van der Waals surface area contributed by atoms with Crippen LogP contribution in [-0.4, -0.2) is 73.0 Å². The minimum atomic E-state index is -1.28. The fourth-order valence-electron chi connectivity index (χ4n) is 2.78. The van der Waals surface area contributed by atoms with E-state index in [9.17, 15) is 15.3 Å².